The van der Waals surface area contributed by atoms with Crippen LogP contribution in [-0.4, -0.2) is 17.0 Å². The lowest BCUT2D eigenvalue weighted by Gasteiger charge is -2.06. The van der Waals surface area contributed by atoms with Gasteiger partial charge in [0, 0.05) is 5.56 Å². The maximum Gasteiger partial charge on any atom is 0.338 e. The van der Waals surface area contributed by atoms with E-state index in [1.807, 2.05) is 19.9 Å². The predicted octanol–water partition coefficient (Wildman–Crippen LogP) is 3.32. The molecule has 4 nitrogen and oxygen atoms in total. The van der Waals surface area contributed by atoms with E-state index < -0.39 is 5.97 Å². The maximum absolute atomic E-state index is 12.1. The second-order valence-corrected chi connectivity index (χ2v) is 5.14. The number of carboxylic acids is 1. The molecule has 0 aliphatic heterocycles. The third-order valence-electron chi connectivity index (χ3n) is 2.89. The molecule has 0 unspecified atom stereocenters. The predicted molar refractivity (Wildman–Crippen MR) is 75.1 cm³/mol. The van der Waals surface area contributed by atoms with Gasteiger partial charge in [0.15, 0.2) is 0 Å². The second kappa shape index (κ2) is 5.24. The molecule has 5 heteroatoms. The number of nitrogens with one attached hydrogen (secondary N) is 1. The molecular formula is C14H13NO3S. The average molecular weight is 275 g/mol. The van der Waals surface area contributed by atoms with Crippen LogP contribution in [0.25, 0.3) is 0 Å². The normalized spacial score (nSPS) is 10.2. The number of rotatable bonds is 3. The van der Waals surface area contributed by atoms with E-state index in [0.29, 0.717) is 10.6 Å². The number of benzene rings is 1. The summed E-state index contributed by atoms with van der Waals surface area (Å²) in [5, 5.41) is 13.6. The van der Waals surface area contributed by atoms with Gasteiger partial charge >= 0.3 is 5.97 Å². The number of amides is 1. The zero-order valence-electron chi connectivity index (χ0n) is 10.6. The lowest BCUT2D eigenvalue weighted by Crippen LogP contribution is -2.13. The summed E-state index contributed by atoms with van der Waals surface area (Å²) >= 11 is 1.20. The van der Waals surface area contributed by atoms with Crippen LogP contribution in [0, 0.1) is 13.8 Å². The Kier molecular flexibility index (Phi) is 3.66. The van der Waals surface area contributed by atoms with E-state index >= 15 is 0 Å². The Hall–Kier alpha value is -2.14. The van der Waals surface area contributed by atoms with Crippen molar-refractivity contribution in [2.45, 2.75) is 13.8 Å². The Labute approximate surface area is 114 Å². The first kappa shape index (κ1) is 13.3. The van der Waals surface area contributed by atoms with E-state index in [4.69, 9.17) is 5.11 Å². The minimum Gasteiger partial charge on any atom is -0.478 e. The zero-order chi connectivity index (χ0) is 14.0. The second-order valence-electron chi connectivity index (χ2n) is 4.22. The Bertz CT molecular complexity index is 646. The summed E-state index contributed by atoms with van der Waals surface area (Å²) in [5.41, 5.74) is 2.77. The molecule has 2 N–H and O–H groups in total. The molecule has 1 heterocycles. The molecule has 1 aromatic heterocycles. The molecule has 0 atom stereocenters. The van der Waals surface area contributed by atoms with Crippen LogP contribution in [-0.2, 0) is 0 Å². The minimum atomic E-state index is -1.04. The average Bonchev–Trinajstić information content (AvgIpc) is 2.80. The van der Waals surface area contributed by atoms with Crippen molar-refractivity contribution >= 4 is 28.2 Å². The van der Waals surface area contributed by atoms with Crippen molar-refractivity contribution < 1.29 is 14.7 Å². The van der Waals surface area contributed by atoms with Crippen molar-refractivity contribution in [1.29, 1.82) is 0 Å². The van der Waals surface area contributed by atoms with E-state index in [0.717, 1.165) is 11.1 Å². The van der Waals surface area contributed by atoms with Crippen LogP contribution < -0.4 is 5.32 Å². The smallest absolute Gasteiger partial charge is 0.338 e. The van der Waals surface area contributed by atoms with E-state index in [9.17, 15) is 9.59 Å². The highest BCUT2D eigenvalue weighted by molar-refractivity contribution is 7.14. The number of carbonyl (C=O) groups is 2. The number of aromatic carboxylic acids is 1. The highest BCUT2D eigenvalue weighted by Crippen LogP contribution is 2.24. The van der Waals surface area contributed by atoms with Crippen molar-refractivity contribution in [2.24, 2.45) is 0 Å². The van der Waals surface area contributed by atoms with Gasteiger partial charge in [0.05, 0.1) is 5.56 Å². The lowest BCUT2D eigenvalue weighted by molar-refractivity contribution is 0.0698. The Balaban J connectivity index is 2.23. The largest absolute Gasteiger partial charge is 0.478 e. The fourth-order valence-corrected chi connectivity index (χ4v) is 2.41. The fraction of sp³-hybridized carbons (Fsp3) is 0.143. The molecule has 2 aromatic rings. The first-order chi connectivity index (χ1) is 8.99. The van der Waals surface area contributed by atoms with Crippen LogP contribution in [0.2, 0.25) is 0 Å². The fourth-order valence-electron chi connectivity index (χ4n) is 1.63. The molecule has 0 fully saturated rings. The van der Waals surface area contributed by atoms with Gasteiger partial charge in [-0.15, -0.1) is 11.3 Å². The summed E-state index contributed by atoms with van der Waals surface area (Å²) in [6.07, 6.45) is 0. The molecule has 0 aliphatic rings. The summed E-state index contributed by atoms with van der Waals surface area (Å²) in [4.78, 5) is 23.0. The van der Waals surface area contributed by atoms with Crippen LogP contribution in [0.5, 0.6) is 0 Å². The molecule has 1 amide bonds. The van der Waals surface area contributed by atoms with Gasteiger partial charge in [-0.05, 0) is 48.6 Å². The molecule has 98 valence electrons. The number of anilines is 1. The molecule has 0 saturated heterocycles. The van der Waals surface area contributed by atoms with Crippen molar-refractivity contribution in [3.8, 4) is 0 Å². The first-order valence-electron chi connectivity index (χ1n) is 5.68. The molecule has 0 saturated carbocycles. The number of hydrogen-bond donors (Lipinski definition) is 2. The van der Waals surface area contributed by atoms with Crippen molar-refractivity contribution in [3.63, 3.8) is 0 Å². The molecule has 1 aromatic carbocycles. The number of carbonyl (C=O) groups excluding carboxylic acids is 1. The molecule has 0 bridgehead atoms. The third kappa shape index (κ3) is 2.82. The van der Waals surface area contributed by atoms with E-state index in [1.54, 1.807) is 17.5 Å². The SMILES string of the molecule is Cc1ccc(C(=O)Nc2sccc2C(=O)O)cc1C. The number of hydrogen-bond acceptors (Lipinski definition) is 3. The van der Waals surface area contributed by atoms with Crippen LogP contribution in [0.1, 0.15) is 31.8 Å². The quantitative estimate of drug-likeness (QED) is 0.903. The number of carboxylic acid groups (broad SMARTS) is 1. The standard InChI is InChI=1S/C14H13NO3S/c1-8-3-4-10(7-9(8)2)12(16)15-13-11(14(17)18)5-6-19-13/h3-7H,1-2H3,(H,15,16)(H,17,18). The van der Waals surface area contributed by atoms with Crippen LogP contribution in [0.15, 0.2) is 29.6 Å². The zero-order valence-corrected chi connectivity index (χ0v) is 11.4. The van der Waals surface area contributed by atoms with Crippen molar-refractivity contribution in [2.75, 3.05) is 5.32 Å². The van der Waals surface area contributed by atoms with E-state index in [1.165, 1.54) is 17.4 Å². The highest BCUT2D eigenvalue weighted by atomic mass is 32.1. The van der Waals surface area contributed by atoms with Crippen LogP contribution in [0.3, 0.4) is 0 Å². The molecular weight excluding hydrogens is 262 g/mol. The van der Waals surface area contributed by atoms with E-state index in [2.05, 4.69) is 5.32 Å². The minimum absolute atomic E-state index is 0.113. The number of thiophene rings is 1. The highest BCUT2D eigenvalue weighted by Gasteiger charge is 2.15. The topological polar surface area (TPSA) is 66.4 Å². The first-order valence-corrected chi connectivity index (χ1v) is 6.56. The lowest BCUT2D eigenvalue weighted by atomic mass is 10.1. The molecule has 0 spiro atoms. The van der Waals surface area contributed by atoms with Gasteiger partial charge in [-0.3, -0.25) is 4.79 Å². The van der Waals surface area contributed by atoms with Gasteiger partial charge in [-0.25, -0.2) is 4.79 Å². The molecule has 0 aliphatic carbocycles. The molecule has 0 radical (unpaired) electrons. The van der Waals surface area contributed by atoms with Crippen molar-refractivity contribution in [3.05, 3.63) is 51.9 Å². The van der Waals surface area contributed by atoms with Gasteiger partial charge in [-0.2, -0.15) is 0 Å². The Morgan fingerprint density at radius 1 is 1.16 bits per heavy atom. The summed E-state index contributed by atoms with van der Waals surface area (Å²) in [6.45, 7) is 3.90. The summed E-state index contributed by atoms with van der Waals surface area (Å²) in [5.74, 6) is -1.34. The van der Waals surface area contributed by atoms with Gasteiger partial charge in [0.1, 0.15) is 5.00 Å². The van der Waals surface area contributed by atoms with Crippen molar-refractivity contribution in [1.82, 2.24) is 0 Å². The monoisotopic (exact) mass is 275 g/mol. The van der Waals surface area contributed by atoms with Gasteiger partial charge in [0.25, 0.3) is 5.91 Å². The van der Waals surface area contributed by atoms with Gasteiger partial charge in [0.2, 0.25) is 0 Å². The van der Waals surface area contributed by atoms with Crippen LogP contribution >= 0.6 is 11.3 Å². The Morgan fingerprint density at radius 3 is 2.53 bits per heavy atom. The van der Waals surface area contributed by atoms with Gasteiger partial charge in [-0.1, -0.05) is 6.07 Å². The van der Waals surface area contributed by atoms with E-state index in [-0.39, 0.29) is 11.5 Å². The summed E-state index contributed by atoms with van der Waals surface area (Å²) < 4.78 is 0. The Morgan fingerprint density at radius 2 is 1.89 bits per heavy atom. The number of aryl methyl sites for hydroxylation is 2. The molecule has 19 heavy (non-hydrogen) atoms. The molecule has 2 rings (SSSR count). The summed E-state index contributed by atoms with van der Waals surface area (Å²) in [7, 11) is 0. The third-order valence-corrected chi connectivity index (χ3v) is 3.72. The maximum atomic E-state index is 12.1. The van der Waals surface area contributed by atoms with Gasteiger partial charge < -0.3 is 10.4 Å². The summed E-state index contributed by atoms with van der Waals surface area (Å²) in [6, 6.07) is 6.87. The van der Waals surface area contributed by atoms with Crippen LogP contribution in [0.4, 0.5) is 5.00 Å².